The largest absolute Gasteiger partial charge is 0.490 e. The number of hydrogen-bond acceptors (Lipinski definition) is 25. The predicted molar refractivity (Wildman–Crippen MR) is 560 cm³/mol. The van der Waals surface area contributed by atoms with Gasteiger partial charge in [-0.05, 0) is 204 Å². The number of pyridine rings is 6. The van der Waals surface area contributed by atoms with E-state index in [0.717, 1.165) is 173 Å². The zero-order valence-electron chi connectivity index (χ0n) is 77.4. The Labute approximate surface area is 784 Å². The minimum absolute atomic E-state index is 0.205. The first-order valence-corrected chi connectivity index (χ1v) is 46.3. The molecule has 21 rings (SSSR count). The molecule has 2 saturated carbocycles. The lowest BCUT2D eigenvalue weighted by atomic mass is 9.96. The Balaban J connectivity index is 0.000000118. The number of hydrogen-bond donors (Lipinski definition) is 15. The maximum Gasteiger partial charge on any atom is 0.133 e. The molecule has 28 nitrogen and oxygen atoms in total. The molecule has 13 heterocycles. The highest BCUT2D eigenvalue weighted by molar-refractivity contribution is 6.02. The summed E-state index contributed by atoms with van der Waals surface area (Å²) in [6.07, 6.45) is 30.7. The first-order chi connectivity index (χ1) is 65.5. The normalized spacial score (nSPS) is 16.5. The van der Waals surface area contributed by atoms with Gasteiger partial charge in [-0.15, -0.1) is 0 Å². The van der Waals surface area contributed by atoms with E-state index in [1.807, 2.05) is 123 Å². The fourth-order valence-electron chi connectivity index (χ4n) is 17.3. The van der Waals surface area contributed by atoms with Crippen molar-refractivity contribution in [2.75, 3.05) is 107 Å². The van der Waals surface area contributed by atoms with Gasteiger partial charge in [-0.3, -0.25) is 30.2 Å². The number of aliphatic hydroxyl groups excluding tert-OH is 1. The SMILES string of the molecule is CC(C)(C)CNc1cc(N)nc2cc(C3=CC=NC3)ccc12.CCCCNc1cc(N)nc2cc(-c3ccn[nH]3)c(F)cc12.CC[C@@H](O)COc1cc(N)nc2cc(C3=CC=NC3)ccc12.C[C@H]1CCC[C@H]1Nc1cc(N)nc2cc(C3=CC=NC3)ccc12.C[C@H]1CC[C@H](Nc2cc(N)nc3cc(C4=CC=NC4)ccc23)C1.Nc1cc(NCc2ccc[nH]2)c2ccc(-c3ccn[nH]3)cc2n1. The van der Waals surface area contributed by atoms with E-state index in [9.17, 15) is 9.50 Å². The third-order valence-electron chi connectivity index (χ3n) is 24.6. The van der Waals surface area contributed by atoms with Crippen LogP contribution in [0.4, 0.5) is 67.7 Å². The Bertz CT molecular complexity index is 6990. The van der Waals surface area contributed by atoms with E-state index in [0.29, 0.717) is 94.9 Å². The molecule has 0 spiro atoms. The molecule has 29 heteroatoms. The second-order valence-electron chi connectivity index (χ2n) is 36.2. The summed E-state index contributed by atoms with van der Waals surface area (Å²) in [4.78, 5) is 46.8. The third kappa shape index (κ3) is 23.7. The Kier molecular flexibility index (Phi) is 29.5. The molecule has 15 aromatic rings. The average molecular weight is 1810 g/mol. The number of nitrogens with zero attached hydrogens (tertiary/aromatic N) is 12. The number of fused-ring (bicyclic) bond motifs is 6. The van der Waals surface area contributed by atoms with Crippen LogP contribution in [0, 0.1) is 23.1 Å². The molecule has 135 heavy (non-hydrogen) atoms. The van der Waals surface area contributed by atoms with E-state index in [2.05, 4.69) is 216 Å². The monoisotopic (exact) mass is 1810 g/mol. The number of aliphatic imine (C=N–C) groups is 4. The number of aliphatic hydroxyl groups is 1. The Morgan fingerprint density at radius 1 is 0.474 bits per heavy atom. The maximum absolute atomic E-state index is 14.4. The number of nitrogens with one attached hydrogen (secondary N) is 8. The molecular formula is C106H119FN26O2. The number of ether oxygens (including phenoxy) is 1. The summed E-state index contributed by atoms with van der Waals surface area (Å²) < 4.78 is 20.1. The Hall–Kier alpha value is -15.4. The van der Waals surface area contributed by atoms with E-state index >= 15 is 0 Å². The molecule has 2 fully saturated rings. The molecule has 0 bridgehead atoms. The van der Waals surface area contributed by atoms with Gasteiger partial charge in [0, 0.05) is 183 Å². The van der Waals surface area contributed by atoms with Gasteiger partial charge in [0.15, 0.2) is 0 Å². The molecule has 0 unspecified atom stereocenters. The van der Waals surface area contributed by atoms with Gasteiger partial charge in [0.25, 0.3) is 0 Å². The van der Waals surface area contributed by atoms with Crippen molar-refractivity contribution in [1.29, 1.82) is 0 Å². The number of halogens is 1. The van der Waals surface area contributed by atoms with Crippen LogP contribution in [0.2, 0.25) is 0 Å². The maximum atomic E-state index is 14.4. The van der Waals surface area contributed by atoms with Gasteiger partial charge in [-0.2, -0.15) is 10.2 Å². The molecule has 692 valence electrons. The number of benzene rings is 6. The Morgan fingerprint density at radius 2 is 0.926 bits per heavy atom. The average Bonchev–Trinajstić information content (AvgIpc) is 0.910. The van der Waals surface area contributed by atoms with Crippen molar-refractivity contribution in [3.8, 4) is 28.3 Å². The lowest BCUT2D eigenvalue weighted by Gasteiger charge is -2.20. The lowest BCUT2D eigenvalue weighted by Crippen LogP contribution is -2.22. The number of rotatable bonds is 23. The minimum atomic E-state index is -0.482. The van der Waals surface area contributed by atoms with Crippen LogP contribution in [0.25, 0.3) is 110 Å². The number of allylic oxidation sites excluding steroid dienone is 4. The summed E-state index contributed by atoms with van der Waals surface area (Å²) in [5.41, 5.74) is 59.7. The van der Waals surface area contributed by atoms with Crippen LogP contribution >= 0.6 is 0 Å². The molecule has 4 aliphatic heterocycles. The molecule has 0 saturated heterocycles. The molecular weight excluding hydrogens is 1690 g/mol. The fourth-order valence-corrected chi connectivity index (χ4v) is 17.3. The second-order valence-corrected chi connectivity index (χ2v) is 36.2. The van der Waals surface area contributed by atoms with Gasteiger partial charge in [0.05, 0.1) is 83.3 Å². The lowest BCUT2D eigenvalue weighted by molar-refractivity contribution is 0.105. The van der Waals surface area contributed by atoms with E-state index < -0.39 is 6.10 Å². The predicted octanol–water partition coefficient (Wildman–Crippen LogP) is 20.7. The zero-order valence-corrected chi connectivity index (χ0v) is 77.4. The molecule has 6 aliphatic rings. The van der Waals surface area contributed by atoms with Crippen molar-refractivity contribution in [2.24, 2.45) is 37.2 Å². The first kappa shape index (κ1) is 92.9. The van der Waals surface area contributed by atoms with Crippen LogP contribution in [0.3, 0.4) is 0 Å². The number of anilines is 11. The van der Waals surface area contributed by atoms with Gasteiger partial charge in [-0.1, -0.05) is 116 Å². The second kappa shape index (κ2) is 42.9. The van der Waals surface area contributed by atoms with Gasteiger partial charge >= 0.3 is 0 Å². The minimum Gasteiger partial charge on any atom is -0.490 e. The molecule has 9 aromatic heterocycles. The topological polar surface area (TPSA) is 446 Å². The molecule has 5 atom stereocenters. The van der Waals surface area contributed by atoms with Crippen LogP contribution in [0.1, 0.15) is 134 Å². The van der Waals surface area contributed by atoms with Crippen molar-refractivity contribution in [2.45, 2.75) is 131 Å². The highest BCUT2D eigenvalue weighted by Gasteiger charge is 2.26. The number of nitrogen functional groups attached to an aromatic ring is 6. The summed E-state index contributed by atoms with van der Waals surface area (Å²) in [6.45, 7) is 20.9. The van der Waals surface area contributed by atoms with Gasteiger partial charge in [0.1, 0.15) is 53.1 Å². The number of nitrogens with two attached hydrogens (primary N) is 6. The third-order valence-corrected chi connectivity index (χ3v) is 24.6. The van der Waals surface area contributed by atoms with Gasteiger partial charge in [-0.25, -0.2) is 34.3 Å². The summed E-state index contributed by atoms with van der Waals surface area (Å²) >= 11 is 0. The van der Waals surface area contributed by atoms with Crippen molar-refractivity contribution in [3.05, 3.63) is 240 Å². The summed E-state index contributed by atoms with van der Waals surface area (Å²) in [5.74, 6) is 4.83. The van der Waals surface area contributed by atoms with Crippen molar-refractivity contribution < 1.29 is 14.2 Å². The summed E-state index contributed by atoms with van der Waals surface area (Å²) in [5, 5.41) is 46.9. The van der Waals surface area contributed by atoms with Crippen molar-refractivity contribution in [1.82, 2.24) is 55.3 Å². The molecule has 2 aliphatic carbocycles. The van der Waals surface area contributed by atoms with E-state index in [1.165, 1.54) is 72.4 Å². The van der Waals surface area contributed by atoms with Crippen LogP contribution < -0.4 is 65.7 Å². The highest BCUT2D eigenvalue weighted by Crippen LogP contribution is 2.39. The van der Waals surface area contributed by atoms with E-state index in [1.54, 1.807) is 36.7 Å². The van der Waals surface area contributed by atoms with Crippen molar-refractivity contribution >= 4 is 176 Å². The molecule has 21 N–H and O–H groups in total. The van der Waals surface area contributed by atoms with Gasteiger partial charge < -0.3 is 75.8 Å². The first-order valence-electron chi connectivity index (χ1n) is 46.3. The number of aromatic amines is 3. The molecule has 0 amide bonds. The zero-order chi connectivity index (χ0) is 94.1. The number of unbranched alkanes of at least 4 members (excludes halogenated alkanes) is 1. The van der Waals surface area contributed by atoms with E-state index in [-0.39, 0.29) is 17.8 Å². The fraction of sp³-hybridized carbons (Fsp3) is 0.283. The van der Waals surface area contributed by atoms with Crippen LogP contribution in [-0.2, 0) is 6.54 Å². The number of H-pyrrole nitrogens is 3. The standard InChI is InChI=1S/2C19H22N4.C18H22N4.C17H16N6.C17H19N3O2.C16H18FN5/c1-12-2-4-15(8-12)22-18-10-19(20)23-17-9-13(3-5-16(17)18)14-6-7-21-11-14;1-12-3-2-4-16(12)22-18-10-19(20)23-17-9-13(5-6-15(17)18)14-7-8-21-11-14;1-18(2,3)11-21-15-9-17(19)22-16-8-12(4-5-14(15)16)13-6-7-20-10-13;18-17-9-15(20-10-12-2-1-6-19-12)13-4-3-11(8-16(13)22-17)14-5-7-21-23-14;1-2-13(21)10-22-16-8-17(18)20-15-7-11(3-4-14(15)16)12-5-6-19-9-12;1-2-3-5-19-14-9-16(18)21-15-8-10(12(17)7-11(14)15)13-4-6-20-22-13/h3,5-7,9-10,12,15H,2,4,8,11H2,1H3,(H3,20,22,23);5-10,12,16H,2-4,11H2,1H3,(H3,20,22,23);4-9H,10-11H2,1-3H3,(H3,19,21,22);1-9,19H,10H2,(H,21,23)(H3,18,20,22);3-8,13,21H,2,9-10H2,1H3,(H2,18,20);4,6-9H,2-3,5H2,1H3,(H,20,22)(H3,18,19,21)/t12-,15-;12-,16+;;;13-;/m00..1./s1. The number of aromatic nitrogens is 11. The summed E-state index contributed by atoms with van der Waals surface area (Å²) in [6, 6.07) is 54.4. The molecule has 0 radical (unpaired) electrons. The van der Waals surface area contributed by atoms with Crippen LogP contribution in [0.5, 0.6) is 5.75 Å². The Morgan fingerprint density at radius 3 is 1.37 bits per heavy atom. The highest BCUT2D eigenvalue weighted by atomic mass is 19.1. The quantitative estimate of drug-likeness (QED) is 0.0264. The smallest absolute Gasteiger partial charge is 0.133 e. The van der Waals surface area contributed by atoms with Crippen LogP contribution in [0.15, 0.2) is 227 Å². The van der Waals surface area contributed by atoms with Gasteiger partial charge in [0.2, 0.25) is 0 Å². The van der Waals surface area contributed by atoms with Crippen LogP contribution in [-0.4, -0.2) is 149 Å². The molecule has 6 aromatic carbocycles. The van der Waals surface area contributed by atoms with E-state index in [4.69, 9.17) is 39.1 Å². The summed E-state index contributed by atoms with van der Waals surface area (Å²) in [7, 11) is 0. The van der Waals surface area contributed by atoms with Crippen molar-refractivity contribution in [3.63, 3.8) is 0 Å².